The summed E-state index contributed by atoms with van der Waals surface area (Å²) in [5.74, 6) is 0. The van der Waals surface area contributed by atoms with Gasteiger partial charge in [-0.05, 0) is 14.1 Å². The molecule has 1 aliphatic heterocycles. The Bertz CT molecular complexity index is 195. The van der Waals surface area contributed by atoms with E-state index in [0.29, 0.717) is 6.54 Å². The Morgan fingerprint density at radius 3 is 2.25 bits per heavy atom. The molecular formula is C12H26N4. The summed E-state index contributed by atoms with van der Waals surface area (Å²) in [6.07, 6.45) is 4.22. The van der Waals surface area contributed by atoms with Crippen molar-refractivity contribution >= 4 is 0 Å². The maximum absolute atomic E-state index is 5.42. The molecule has 4 heteroatoms. The van der Waals surface area contributed by atoms with E-state index in [-0.39, 0.29) is 0 Å². The molecule has 1 rings (SSSR count). The fourth-order valence-corrected chi connectivity index (χ4v) is 1.86. The van der Waals surface area contributed by atoms with Gasteiger partial charge in [-0.15, -0.1) is 0 Å². The van der Waals surface area contributed by atoms with Crippen LogP contribution in [-0.2, 0) is 0 Å². The molecule has 94 valence electrons. The molecule has 0 bridgehead atoms. The first-order chi connectivity index (χ1) is 7.72. The van der Waals surface area contributed by atoms with E-state index in [1.165, 1.54) is 32.7 Å². The number of likely N-dealkylation sites (N-methyl/N-ethyl adjacent to an activating group) is 1. The van der Waals surface area contributed by atoms with Crippen LogP contribution >= 0.6 is 0 Å². The van der Waals surface area contributed by atoms with Crippen molar-refractivity contribution in [2.75, 3.05) is 66.5 Å². The highest BCUT2D eigenvalue weighted by atomic mass is 15.3. The van der Waals surface area contributed by atoms with E-state index in [4.69, 9.17) is 5.73 Å². The smallest absolute Gasteiger partial charge is 0.0164 e. The lowest BCUT2D eigenvalue weighted by Gasteiger charge is -2.34. The summed E-state index contributed by atoms with van der Waals surface area (Å²) in [4.78, 5) is 7.28. The number of piperazine rings is 1. The molecule has 0 aliphatic carbocycles. The topological polar surface area (TPSA) is 35.7 Å². The van der Waals surface area contributed by atoms with Crippen molar-refractivity contribution in [2.45, 2.75) is 0 Å². The molecule has 0 atom stereocenters. The maximum atomic E-state index is 5.42. The molecule has 0 saturated carbocycles. The molecule has 4 nitrogen and oxygen atoms in total. The molecule has 16 heavy (non-hydrogen) atoms. The van der Waals surface area contributed by atoms with Crippen LogP contribution < -0.4 is 5.73 Å². The van der Waals surface area contributed by atoms with Gasteiger partial charge in [-0.3, -0.25) is 9.80 Å². The largest absolute Gasteiger partial charge is 0.327 e. The number of hydrogen-bond acceptors (Lipinski definition) is 4. The van der Waals surface area contributed by atoms with Gasteiger partial charge in [-0.25, -0.2) is 0 Å². The third-order valence-electron chi connectivity index (χ3n) is 2.99. The van der Waals surface area contributed by atoms with Crippen molar-refractivity contribution in [1.29, 1.82) is 0 Å². The molecule has 0 aromatic heterocycles. The predicted octanol–water partition coefficient (Wildman–Crippen LogP) is -0.319. The highest BCUT2D eigenvalue weighted by molar-refractivity contribution is 4.87. The first-order valence-electron chi connectivity index (χ1n) is 6.17. The highest BCUT2D eigenvalue weighted by Crippen LogP contribution is 2.01. The van der Waals surface area contributed by atoms with Gasteiger partial charge in [0.15, 0.2) is 0 Å². The molecule has 1 heterocycles. The van der Waals surface area contributed by atoms with Crippen molar-refractivity contribution < 1.29 is 0 Å². The van der Waals surface area contributed by atoms with Gasteiger partial charge in [-0.1, -0.05) is 12.2 Å². The van der Waals surface area contributed by atoms with Crippen LogP contribution in [0.4, 0.5) is 0 Å². The van der Waals surface area contributed by atoms with E-state index >= 15 is 0 Å². The molecule has 0 unspecified atom stereocenters. The monoisotopic (exact) mass is 226 g/mol. The van der Waals surface area contributed by atoms with Crippen LogP contribution in [0.15, 0.2) is 12.2 Å². The van der Waals surface area contributed by atoms with Crippen LogP contribution in [0.3, 0.4) is 0 Å². The quantitative estimate of drug-likeness (QED) is 0.630. The second-order valence-electron chi connectivity index (χ2n) is 4.65. The SMILES string of the molecule is CN(C)CCN1CCN(CC=CCN)CC1. The average molecular weight is 226 g/mol. The van der Waals surface area contributed by atoms with Crippen molar-refractivity contribution in [3.8, 4) is 0 Å². The van der Waals surface area contributed by atoms with E-state index < -0.39 is 0 Å². The van der Waals surface area contributed by atoms with Crippen molar-refractivity contribution in [2.24, 2.45) is 5.73 Å². The first kappa shape index (κ1) is 13.6. The Kier molecular flexibility index (Phi) is 6.64. The summed E-state index contributed by atoms with van der Waals surface area (Å²) in [6.45, 7) is 8.83. The second kappa shape index (κ2) is 7.79. The normalized spacial score (nSPS) is 20.0. The second-order valence-corrected chi connectivity index (χ2v) is 4.65. The number of hydrogen-bond donors (Lipinski definition) is 1. The van der Waals surface area contributed by atoms with Gasteiger partial charge in [0.25, 0.3) is 0 Å². The molecule has 1 aliphatic rings. The third kappa shape index (κ3) is 5.61. The van der Waals surface area contributed by atoms with E-state index in [9.17, 15) is 0 Å². The number of nitrogens with two attached hydrogens (primary N) is 1. The zero-order chi connectivity index (χ0) is 11.8. The third-order valence-corrected chi connectivity index (χ3v) is 2.99. The van der Waals surface area contributed by atoms with Crippen LogP contribution in [0.25, 0.3) is 0 Å². The number of nitrogens with zero attached hydrogens (tertiary/aromatic N) is 3. The molecule has 0 amide bonds. The van der Waals surface area contributed by atoms with Gasteiger partial charge in [0.05, 0.1) is 0 Å². The lowest BCUT2D eigenvalue weighted by Crippen LogP contribution is -2.47. The minimum atomic E-state index is 0.656. The van der Waals surface area contributed by atoms with Crippen molar-refractivity contribution in [3.05, 3.63) is 12.2 Å². The van der Waals surface area contributed by atoms with Gasteiger partial charge in [0.2, 0.25) is 0 Å². The van der Waals surface area contributed by atoms with Crippen LogP contribution in [0.1, 0.15) is 0 Å². The van der Waals surface area contributed by atoms with Crippen LogP contribution in [0.2, 0.25) is 0 Å². The molecule has 0 aromatic rings. The molecule has 1 fully saturated rings. The standard InChI is InChI=1S/C12H26N4/c1-14(2)7-8-16-11-9-15(10-12-16)6-4-3-5-13/h3-4H,5-13H2,1-2H3. The minimum absolute atomic E-state index is 0.656. The zero-order valence-electron chi connectivity index (χ0n) is 10.7. The Morgan fingerprint density at radius 2 is 1.69 bits per heavy atom. The zero-order valence-corrected chi connectivity index (χ0v) is 10.7. The van der Waals surface area contributed by atoms with E-state index in [0.717, 1.165) is 13.1 Å². The number of rotatable bonds is 6. The fourth-order valence-electron chi connectivity index (χ4n) is 1.86. The van der Waals surface area contributed by atoms with Gasteiger partial charge in [0.1, 0.15) is 0 Å². The molecule has 0 aromatic carbocycles. The summed E-state index contributed by atoms with van der Waals surface area (Å²) in [5, 5.41) is 0. The molecule has 0 radical (unpaired) electrons. The van der Waals surface area contributed by atoms with Gasteiger partial charge in [0, 0.05) is 52.4 Å². The summed E-state index contributed by atoms with van der Waals surface area (Å²) >= 11 is 0. The molecule has 0 spiro atoms. The average Bonchev–Trinajstić information content (AvgIpc) is 2.28. The van der Waals surface area contributed by atoms with Crippen molar-refractivity contribution in [1.82, 2.24) is 14.7 Å². The van der Waals surface area contributed by atoms with Crippen LogP contribution in [-0.4, -0.2) is 81.2 Å². The van der Waals surface area contributed by atoms with Crippen molar-refractivity contribution in [3.63, 3.8) is 0 Å². The highest BCUT2D eigenvalue weighted by Gasteiger charge is 2.15. The van der Waals surface area contributed by atoms with Gasteiger partial charge >= 0.3 is 0 Å². The Labute approximate surface area is 99.7 Å². The van der Waals surface area contributed by atoms with E-state index in [1.807, 2.05) is 6.08 Å². The predicted molar refractivity (Wildman–Crippen MR) is 69.6 cm³/mol. The fraction of sp³-hybridized carbons (Fsp3) is 0.833. The summed E-state index contributed by atoms with van der Waals surface area (Å²) in [6, 6.07) is 0. The summed E-state index contributed by atoms with van der Waals surface area (Å²) < 4.78 is 0. The molecular weight excluding hydrogens is 200 g/mol. The Balaban J connectivity index is 2.11. The van der Waals surface area contributed by atoms with Gasteiger partial charge < -0.3 is 10.6 Å². The molecule has 1 saturated heterocycles. The summed E-state index contributed by atoms with van der Waals surface area (Å²) in [7, 11) is 4.27. The maximum Gasteiger partial charge on any atom is 0.0164 e. The van der Waals surface area contributed by atoms with E-state index in [1.54, 1.807) is 0 Å². The van der Waals surface area contributed by atoms with Crippen LogP contribution in [0, 0.1) is 0 Å². The lowest BCUT2D eigenvalue weighted by atomic mass is 10.3. The Hall–Kier alpha value is -0.420. The minimum Gasteiger partial charge on any atom is -0.327 e. The van der Waals surface area contributed by atoms with Crippen LogP contribution in [0.5, 0.6) is 0 Å². The lowest BCUT2D eigenvalue weighted by molar-refractivity contribution is 0.134. The molecule has 2 N–H and O–H groups in total. The van der Waals surface area contributed by atoms with Gasteiger partial charge in [-0.2, -0.15) is 0 Å². The van der Waals surface area contributed by atoms with E-state index in [2.05, 4.69) is 34.9 Å². The first-order valence-corrected chi connectivity index (χ1v) is 6.17. The summed E-state index contributed by atoms with van der Waals surface area (Å²) in [5.41, 5.74) is 5.42. The Morgan fingerprint density at radius 1 is 1.06 bits per heavy atom.